The van der Waals surface area contributed by atoms with Crippen molar-refractivity contribution in [2.45, 2.75) is 6.61 Å². The molecule has 3 aromatic heterocycles. The smallest absolute Gasteiger partial charge is 0.340 e. The minimum Gasteiger partial charge on any atom is -0.454 e. The van der Waals surface area contributed by atoms with Crippen molar-refractivity contribution in [1.29, 1.82) is 0 Å². The lowest BCUT2D eigenvalue weighted by Gasteiger charge is -2.06. The highest BCUT2D eigenvalue weighted by molar-refractivity contribution is 5.91. The van der Waals surface area contributed by atoms with Crippen LogP contribution in [-0.2, 0) is 18.4 Å². The molecule has 0 aliphatic carbocycles. The van der Waals surface area contributed by atoms with E-state index >= 15 is 0 Å². The number of pyridine rings is 1. The molecular formula is C17H14N6O4. The summed E-state index contributed by atoms with van der Waals surface area (Å²) < 4.78 is 6.62. The van der Waals surface area contributed by atoms with Crippen LogP contribution in [-0.4, -0.2) is 35.7 Å². The summed E-state index contributed by atoms with van der Waals surface area (Å²) in [6.45, 7) is -0.152. The van der Waals surface area contributed by atoms with E-state index in [0.29, 0.717) is 16.7 Å². The molecule has 0 fully saturated rings. The molecule has 10 heteroatoms. The standard InChI is InChI=1S/C17H14N6O4/c1-23-12-6-11(7-18-14(12)20-17(23)26)9-3-2-4-10(5-9)15(24)27-8-13-19-16(25)22-21-13/h2-7H,8H2,1H3,(H,18,20,26)(H2,19,21,22,25). The third-order valence-corrected chi connectivity index (χ3v) is 4.08. The first-order valence-electron chi connectivity index (χ1n) is 7.97. The van der Waals surface area contributed by atoms with E-state index in [4.69, 9.17) is 4.74 Å². The number of carbonyl (C=O) groups is 1. The first-order chi connectivity index (χ1) is 13.0. The Morgan fingerprint density at radius 2 is 2.04 bits per heavy atom. The number of aromatic amines is 3. The normalized spacial score (nSPS) is 11.0. The zero-order valence-electron chi connectivity index (χ0n) is 14.1. The number of esters is 1. The van der Waals surface area contributed by atoms with Crippen LogP contribution in [0.5, 0.6) is 0 Å². The molecule has 10 nitrogen and oxygen atoms in total. The second-order valence-corrected chi connectivity index (χ2v) is 5.86. The number of ether oxygens (including phenoxy) is 1. The molecule has 3 heterocycles. The van der Waals surface area contributed by atoms with E-state index in [1.165, 1.54) is 4.57 Å². The Kier molecular flexibility index (Phi) is 3.92. The number of benzene rings is 1. The van der Waals surface area contributed by atoms with Gasteiger partial charge in [0.1, 0.15) is 0 Å². The quantitative estimate of drug-likeness (QED) is 0.454. The zero-order chi connectivity index (χ0) is 19.0. The number of aryl methyl sites for hydroxylation is 1. The monoisotopic (exact) mass is 366 g/mol. The number of fused-ring (bicyclic) bond motifs is 1. The van der Waals surface area contributed by atoms with Crippen molar-refractivity contribution in [3.63, 3.8) is 0 Å². The van der Waals surface area contributed by atoms with Gasteiger partial charge in [-0.25, -0.2) is 24.5 Å². The van der Waals surface area contributed by atoms with Crippen LogP contribution in [0.25, 0.3) is 22.3 Å². The SMILES string of the molecule is Cn1c(=O)[nH]c2ncc(-c3cccc(C(=O)OCc4n[nH]c(=O)[nH]4)c3)cc21. The second-order valence-electron chi connectivity index (χ2n) is 5.86. The van der Waals surface area contributed by atoms with Crippen molar-refractivity contribution in [2.75, 3.05) is 0 Å². The summed E-state index contributed by atoms with van der Waals surface area (Å²) in [7, 11) is 1.65. The third-order valence-electron chi connectivity index (χ3n) is 4.08. The lowest BCUT2D eigenvalue weighted by molar-refractivity contribution is 0.0462. The Hall–Kier alpha value is -3.95. The van der Waals surface area contributed by atoms with Crippen molar-refractivity contribution in [2.24, 2.45) is 7.05 Å². The first-order valence-corrected chi connectivity index (χ1v) is 7.97. The van der Waals surface area contributed by atoms with E-state index in [1.807, 2.05) is 12.1 Å². The Bertz CT molecular complexity index is 1260. The number of hydrogen-bond donors (Lipinski definition) is 3. The number of aromatic nitrogens is 6. The number of hydrogen-bond acceptors (Lipinski definition) is 6. The Balaban J connectivity index is 1.60. The van der Waals surface area contributed by atoms with E-state index in [-0.39, 0.29) is 18.1 Å². The van der Waals surface area contributed by atoms with Gasteiger partial charge in [0.2, 0.25) is 0 Å². The van der Waals surface area contributed by atoms with Crippen LogP contribution in [0, 0.1) is 0 Å². The molecule has 27 heavy (non-hydrogen) atoms. The van der Waals surface area contributed by atoms with Crippen molar-refractivity contribution in [3.05, 3.63) is 68.9 Å². The summed E-state index contributed by atoms with van der Waals surface area (Å²) in [4.78, 5) is 44.3. The first kappa shape index (κ1) is 16.5. The van der Waals surface area contributed by atoms with E-state index in [2.05, 4.69) is 25.1 Å². The molecular weight excluding hydrogens is 352 g/mol. The lowest BCUT2D eigenvalue weighted by Crippen LogP contribution is -2.11. The van der Waals surface area contributed by atoms with Gasteiger partial charge in [-0.1, -0.05) is 12.1 Å². The molecule has 0 saturated carbocycles. The molecule has 0 radical (unpaired) electrons. The molecule has 0 saturated heterocycles. The fourth-order valence-corrected chi connectivity index (χ4v) is 2.67. The van der Waals surface area contributed by atoms with Crippen LogP contribution in [0.1, 0.15) is 16.2 Å². The van der Waals surface area contributed by atoms with Crippen LogP contribution < -0.4 is 11.4 Å². The topological polar surface area (TPSA) is 139 Å². The summed E-state index contributed by atoms with van der Waals surface area (Å²) in [6.07, 6.45) is 1.62. The van der Waals surface area contributed by atoms with Gasteiger partial charge in [-0.15, -0.1) is 0 Å². The van der Waals surface area contributed by atoms with Crippen molar-refractivity contribution < 1.29 is 9.53 Å². The molecule has 3 N–H and O–H groups in total. The highest BCUT2D eigenvalue weighted by Gasteiger charge is 2.12. The molecule has 136 valence electrons. The fraction of sp³-hybridized carbons (Fsp3) is 0.118. The number of H-pyrrole nitrogens is 3. The van der Waals surface area contributed by atoms with Gasteiger partial charge in [-0.3, -0.25) is 14.5 Å². The van der Waals surface area contributed by atoms with Gasteiger partial charge in [0.15, 0.2) is 18.1 Å². The van der Waals surface area contributed by atoms with Crippen LogP contribution in [0.3, 0.4) is 0 Å². The minimum atomic E-state index is -0.552. The molecule has 4 rings (SSSR count). The van der Waals surface area contributed by atoms with E-state index in [9.17, 15) is 14.4 Å². The maximum atomic E-state index is 12.3. The number of carbonyl (C=O) groups excluding carboxylic acids is 1. The van der Waals surface area contributed by atoms with E-state index in [1.54, 1.807) is 31.4 Å². The molecule has 0 bridgehead atoms. The van der Waals surface area contributed by atoms with Crippen LogP contribution in [0.4, 0.5) is 0 Å². The molecule has 4 aromatic rings. The second kappa shape index (κ2) is 6.41. The molecule has 0 atom stereocenters. The number of nitrogens with zero attached hydrogens (tertiary/aromatic N) is 3. The van der Waals surface area contributed by atoms with Crippen LogP contribution in [0.2, 0.25) is 0 Å². The van der Waals surface area contributed by atoms with Crippen molar-refractivity contribution >= 4 is 17.1 Å². The van der Waals surface area contributed by atoms with Gasteiger partial charge in [0.05, 0.1) is 11.1 Å². The molecule has 1 aromatic carbocycles. The van der Waals surface area contributed by atoms with Crippen molar-refractivity contribution in [3.8, 4) is 11.1 Å². The Morgan fingerprint density at radius 1 is 1.19 bits per heavy atom. The Morgan fingerprint density at radius 3 is 2.81 bits per heavy atom. The average molecular weight is 366 g/mol. The predicted molar refractivity (Wildman–Crippen MR) is 95.1 cm³/mol. The van der Waals surface area contributed by atoms with Crippen molar-refractivity contribution in [1.82, 2.24) is 29.7 Å². The minimum absolute atomic E-state index is 0.152. The molecule has 0 aliphatic heterocycles. The van der Waals surface area contributed by atoms with Gasteiger partial charge in [0.25, 0.3) is 0 Å². The predicted octanol–water partition coefficient (Wildman–Crippen LogP) is 0.697. The Labute approximate surface area is 150 Å². The largest absolute Gasteiger partial charge is 0.454 e. The summed E-state index contributed by atoms with van der Waals surface area (Å²) >= 11 is 0. The van der Waals surface area contributed by atoms with Gasteiger partial charge in [-0.2, -0.15) is 5.10 Å². The third kappa shape index (κ3) is 3.15. The highest BCUT2D eigenvalue weighted by atomic mass is 16.5. The summed E-state index contributed by atoms with van der Waals surface area (Å²) in [5.41, 5.74) is 2.29. The zero-order valence-corrected chi connectivity index (χ0v) is 14.1. The van der Waals surface area contributed by atoms with Gasteiger partial charge in [0, 0.05) is 18.8 Å². The van der Waals surface area contributed by atoms with E-state index < -0.39 is 11.7 Å². The van der Waals surface area contributed by atoms with Gasteiger partial charge in [-0.05, 0) is 23.8 Å². The number of nitrogens with one attached hydrogen (secondary N) is 3. The van der Waals surface area contributed by atoms with Gasteiger partial charge < -0.3 is 4.74 Å². The summed E-state index contributed by atoms with van der Waals surface area (Å²) in [6, 6.07) is 8.66. The summed E-state index contributed by atoms with van der Waals surface area (Å²) in [5.74, 6) is -0.323. The lowest BCUT2D eigenvalue weighted by atomic mass is 10.0. The molecule has 0 aliphatic rings. The number of rotatable bonds is 4. The van der Waals surface area contributed by atoms with E-state index in [0.717, 1.165) is 11.1 Å². The fourth-order valence-electron chi connectivity index (χ4n) is 2.67. The van der Waals surface area contributed by atoms with Crippen LogP contribution >= 0.6 is 0 Å². The molecule has 0 amide bonds. The summed E-state index contributed by atoms with van der Waals surface area (Å²) in [5, 5.41) is 5.87. The number of imidazole rings is 1. The van der Waals surface area contributed by atoms with Crippen LogP contribution in [0.15, 0.2) is 46.1 Å². The maximum Gasteiger partial charge on any atom is 0.340 e. The molecule has 0 spiro atoms. The maximum absolute atomic E-state index is 12.3. The molecule has 0 unspecified atom stereocenters. The highest BCUT2D eigenvalue weighted by Crippen LogP contribution is 2.22. The average Bonchev–Trinajstić information content (AvgIpc) is 3.22. The van der Waals surface area contributed by atoms with Gasteiger partial charge >= 0.3 is 17.3 Å².